The molecular formula is C27H30N2O6S2. The Hall–Kier alpha value is -3.37. The first kappa shape index (κ1) is 26.7. The SMILES string of the molecule is CCOc1ccc(N(CC(=O)Nc2sc3c(c2C(=O)OC)CCCC3)S(=O)(=O)c2ccc(C)cc2)cc1. The van der Waals surface area contributed by atoms with Crippen molar-refractivity contribution in [2.75, 3.05) is 29.9 Å². The maximum Gasteiger partial charge on any atom is 0.341 e. The fourth-order valence-electron chi connectivity index (χ4n) is 4.30. The third-order valence-electron chi connectivity index (χ3n) is 6.15. The molecule has 2 aromatic carbocycles. The topological polar surface area (TPSA) is 102 Å². The predicted molar refractivity (Wildman–Crippen MR) is 144 cm³/mol. The number of nitrogens with zero attached hydrogens (tertiary/aromatic N) is 1. The molecule has 37 heavy (non-hydrogen) atoms. The second-order valence-corrected chi connectivity index (χ2v) is 11.7. The molecule has 3 aromatic rings. The number of amides is 1. The highest BCUT2D eigenvalue weighted by Gasteiger charge is 2.30. The quantitative estimate of drug-likeness (QED) is 0.384. The van der Waals surface area contributed by atoms with Gasteiger partial charge in [-0.3, -0.25) is 9.10 Å². The number of aryl methyl sites for hydroxylation is 2. The number of anilines is 2. The molecule has 8 nitrogen and oxygen atoms in total. The zero-order valence-electron chi connectivity index (χ0n) is 21.1. The van der Waals surface area contributed by atoms with Gasteiger partial charge in [0.1, 0.15) is 17.3 Å². The number of sulfonamides is 1. The van der Waals surface area contributed by atoms with Crippen molar-refractivity contribution in [3.05, 3.63) is 70.1 Å². The normalized spacial score (nSPS) is 12.9. The molecule has 1 aliphatic carbocycles. The van der Waals surface area contributed by atoms with Gasteiger partial charge in [-0.1, -0.05) is 17.7 Å². The number of thiophene rings is 1. The van der Waals surface area contributed by atoms with Crippen LogP contribution in [0.15, 0.2) is 53.4 Å². The number of carbonyl (C=O) groups is 2. The van der Waals surface area contributed by atoms with Crippen LogP contribution in [0.5, 0.6) is 5.75 Å². The van der Waals surface area contributed by atoms with Gasteiger partial charge in [-0.15, -0.1) is 11.3 Å². The second kappa shape index (κ2) is 11.4. The van der Waals surface area contributed by atoms with Crippen LogP contribution in [0.1, 0.15) is 46.1 Å². The van der Waals surface area contributed by atoms with Crippen molar-refractivity contribution in [2.24, 2.45) is 0 Å². The molecule has 1 amide bonds. The number of carbonyl (C=O) groups excluding carboxylic acids is 2. The molecule has 1 aliphatic rings. The van der Waals surface area contributed by atoms with E-state index in [-0.39, 0.29) is 4.90 Å². The maximum atomic E-state index is 13.7. The van der Waals surface area contributed by atoms with Crippen molar-refractivity contribution in [2.45, 2.75) is 44.4 Å². The highest BCUT2D eigenvalue weighted by Crippen LogP contribution is 2.38. The Bertz CT molecular complexity index is 1380. The molecule has 0 fully saturated rings. The summed E-state index contributed by atoms with van der Waals surface area (Å²) >= 11 is 1.35. The molecular weight excluding hydrogens is 512 g/mol. The highest BCUT2D eigenvalue weighted by atomic mass is 32.2. The number of fused-ring (bicyclic) bond motifs is 1. The van der Waals surface area contributed by atoms with Gasteiger partial charge in [0.15, 0.2) is 0 Å². The van der Waals surface area contributed by atoms with E-state index in [1.54, 1.807) is 36.4 Å². The summed E-state index contributed by atoms with van der Waals surface area (Å²) in [6.45, 7) is 3.72. The lowest BCUT2D eigenvalue weighted by Crippen LogP contribution is -2.38. The van der Waals surface area contributed by atoms with E-state index < -0.39 is 28.4 Å². The average Bonchev–Trinajstić information content (AvgIpc) is 3.25. The zero-order chi connectivity index (χ0) is 26.6. The molecule has 1 N–H and O–H groups in total. The molecule has 0 bridgehead atoms. The number of methoxy groups -OCH3 is 1. The van der Waals surface area contributed by atoms with Gasteiger partial charge in [0.05, 0.1) is 29.9 Å². The summed E-state index contributed by atoms with van der Waals surface area (Å²) in [5.74, 6) is -0.478. The molecule has 0 spiro atoms. The molecule has 0 unspecified atom stereocenters. The summed E-state index contributed by atoms with van der Waals surface area (Å²) in [6, 6.07) is 13.0. The summed E-state index contributed by atoms with van der Waals surface area (Å²) in [7, 11) is -2.77. The number of nitrogens with one attached hydrogen (secondary N) is 1. The fourth-order valence-corrected chi connectivity index (χ4v) is 7.01. The molecule has 0 atom stereocenters. The van der Waals surface area contributed by atoms with Gasteiger partial charge in [0.25, 0.3) is 10.0 Å². The van der Waals surface area contributed by atoms with Gasteiger partial charge < -0.3 is 14.8 Å². The Morgan fingerprint density at radius 3 is 2.35 bits per heavy atom. The van der Waals surface area contributed by atoms with Gasteiger partial charge in [-0.2, -0.15) is 0 Å². The predicted octanol–water partition coefficient (Wildman–Crippen LogP) is 4.95. The number of esters is 1. The number of rotatable bonds is 9. The molecule has 0 saturated carbocycles. The minimum absolute atomic E-state index is 0.0709. The minimum atomic E-state index is -4.07. The largest absolute Gasteiger partial charge is 0.494 e. The smallest absolute Gasteiger partial charge is 0.341 e. The molecule has 1 aromatic heterocycles. The number of hydrogen-bond acceptors (Lipinski definition) is 7. The van der Waals surface area contributed by atoms with Crippen molar-refractivity contribution in [1.82, 2.24) is 0 Å². The highest BCUT2D eigenvalue weighted by molar-refractivity contribution is 7.92. The van der Waals surface area contributed by atoms with Crippen LogP contribution >= 0.6 is 11.3 Å². The molecule has 10 heteroatoms. The Balaban J connectivity index is 1.67. The van der Waals surface area contributed by atoms with Crippen molar-refractivity contribution in [1.29, 1.82) is 0 Å². The van der Waals surface area contributed by atoms with E-state index in [1.165, 1.54) is 30.6 Å². The van der Waals surface area contributed by atoms with Crippen molar-refractivity contribution >= 4 is 43.9 Å². The lowest BCUT2D eigenvalue weighted by Gasteiger charge is -2.24. The third-order valence-corrected chi connectivity index (χ3v) is 9.14. The standard InChI is InChI=1S/C27H30N2O6S2/c1-4-35-20-13-11-19(12-14-20)29(37(32,33)21-15-9-18(2)10-16-21)17-24(30)28-26-25(27(31)34-3)22-7-5-6-8-23(22)36-26/h9-16H,4-8,17H2,1-3H3,(H,28,30). The van der Waals surface area contributed by atoms with Crippen LogP contribution in [0.25, 0.3) is 0 Å². The Labute approximate surface area is 221 Å². The summed E-state index contributed by atoms with van der Waals surface area (Å²) in [6.07, 6.45) is 3.55. The molecule has 4 rings (SSSR count). The summed E-state index contributed by atoms with van der Waals surface area (Å²) in [4.78, 5) is 27.0. The van der Waals surface area contributed by atoms with Crippen LogP contribution in [0.2, 0.25) is 0 Å². The van der Waals surface area contributed by atoms with E-state index in [2.05, 4.69) is 5.32 Å². The lowest BCUT2D eigenvalue weighted by atomic mass is 9.95. The van der Waals surface area contributed by atoms with Crippen LogP contribution in [-0.4, -0.2) is 40.6 Å². The monoisotopic (exact) mass is 542 g/mol. The Kier molecular flexibility index (Phi) is 8.19. The van der Waals surface area contributed by atoms with Gasteiger partial charge in [-0.25, -0.2) is 13.2 Å². The molecule has 0 radical (unpaired) electrons. The van der Waals surface area contributed by atoms with Crippen molar-refractivity contribution < 1.29 is 27.5 Å². The first-order valence-electron chi connectivity index (χ1n) is 12.1. The first-order chi connectivity index (χ1) is 17.7. The second-order valence-electron chi connectivity index (χ2n) is 8.71. The summed E-state index contributed by atoms with van der Waals surface area (Å²) in [5, 5.41) is 3.19. The van der Waals surface area contributed by atoms with Gasteiger partial charge in [0.2, 0.25) is 5.91 Å². The van der Waals surface area contributed by atoms with E-state index in [4.69, 9.17) is 9.47 Å². The van der Waals surface area contributed by atoms with E-state index in [9.17, 15) is 18.0 Å². The molecule has 0 aliphatic heterocycles. The lowest BCUT2D eigenvalue weighted by molar-refractivity contribution is -0.114. The molecule has 0 saturated heterocycles. The van der Waals surface area contributed by atoms with E-state index >= 15 is 0 Å². The van der Waals surface area contributed by atoms with Crippen LogP contribution in [-0.2, 0) is 32.4 Å². The minimum Gasteiger partial charge on any atom is -0.494 e. The summed E-state index contributed by atoms with van der Waals surface area (Å²) < 4.78 is 38.9. The van der Waals surface area contributed by atoms with Crippen molar-refractivity contribution in [3.63, 3.8) is 0 Å². The first-order valence-corrected chi connectivity index (χ1v) is 14.3. The summed E-state index contributed by atoms with van der Waals surface area (Å²) in [5.41, 5.74) is 2.51. The Morgan fingerprint density at radius 2 is 1.70 bits per heavy atom. The van der Waals surface area contributed by atoms with Gasteiger partial charge in [-0.05, 0) is 81.5 Å². The van der Waals surface area contributed by atoms with E-state index in [1.807, 2.05) is 13.8 Å². The van der Waals surface area contributed by atoms with Gasteiger partial charge >= 0.3 is 5.97 Å². The molecule has 1 heterocycles. The average molecular weight is 543 g/mol. The molecule has 196 valence electrons. The van der Waals surface area contributed by atoms with Crippen molar-refractivity contribution in [3.8, 4) is 5.75 Å². The number of hydrogen-bond donors (Lipinski definition) is 1. The van der Waals surface area contributed by atoms with Crippen LogP contribution < -0.4 is 14.4 Å². The van der Waals surface area contributed by atoms with E-state index in [0.29, 0.717) is 28.6 Å². The number of ether oxygens (including phenoxy) is 2. The third kappa shape index (κ3) is 5.80. The van der Waals surface area contributed by atoms with Gasteiger partial charge in [0, 0.05) is 4.88 Å². The number of benzene rings is 2. The van der Waals surface area contributed by atoms with Crippen LogP contribution in [0.4, 0.5) is 10.7 Å². The Morgan fingerprint density at radius 1 is 1.03 bits per heavy atom. The van der Waals surface area contributed by atoms with Crippen LogP contribution in [0, 0.1) is 6.92 Å². The van der Waals surface area contributed by atoms with E-state index in [0.717, 1.165) is 46.0 Å². The van der Waals surface area contributed by atoms with Crippen LogP contribution in [0.3, 0.4) is 0 Å². The maximum absolute atomic E-state index is 13.7. The zero-order valence-corrected chi connectivity index (χ0v) is 22.7. The fraction of sp³-hybridized carbons (Fsp3) is 0.333.